The van der Waals surface area contributed by atoms with E-state index in [0.29, 0.717) is 5.56 Å². The van der Waals surface area contributed by atoms with Crippen molar-refractivity contribution in [2.24, 2.45) is 4.99 Å². The Bertz CT molecular complexity index is 899. The number of carbonyl (C=O) groups is 2. The van der Waals surface area contributed by atoms with Gasteiger partial charge in [-0.05, 0) is 44.5 Å². The summed E-state index contributed by atoms with van der Waals surface area (Å²) < 4.78 is 16.4. The summed E-state index contributed by atoms with van der Waals surface area (Å²) in [4.78, 5) is 29.9. The Morgan fingerprint density at radius 1 is 1.15 bits per heavy atom. The van der Waals surface area contributed by atoms with Crippen molar-refractivity contribution in [3.8, 4) is 0 Å². The third kappa shape index (κ3) is 3.52. The summed E-state index contributed by atoms with van der Waals surface area (Å²) >= 11 is 0. The molecule has 0 bridgehead atoms. The second kappa shape index (κ2) is 7.02. The zero-order valence-electron chi connectivity index (χ0n) is 15.9. The molecule has 0 aliphatic carbocycles. The molecule has 142 valence electrons. The highest BCUT2D eigenvalue weighted by Crippen LogP contribution is 2.38. The smallest absolute Gasteiger partial charge is 0.358 e. The Kier molecular flexibility index (Phi) is 4.91. The van der Waals surface area contributed by atoms with Gasteiger partial charge in [0, 0.05) is 5.56 Å². The second-order valence-electron chi connectivity index (χ2n) is 7.33. The lowest BCUT2D eigenvalue weighted by Gasteiger charge is -2.31. The third-order valence-electron chi connectivity index (χ3n) is 4.22. The van der Waals surface area contributed by atoms with E-state index >= 15 is 0 Å². The van der Waals surface area contributed by atoms with Crippen LogP contribution in [0.5, 0.6) is 0 Å². The molecule has 2 aromatic rings. The van der Waals surface area contributed by atoms with E-state index in [1.54, 1.807) is 33.8 Å². The second-order valence-corrected chi connectivity index (χ2v) is 7.33. The van der Waals surface area contributed by atoms with E-state index < -0.39 is 29.2 Å². The van der Waals surface area contributed by atoms with Crippen LogP contribution in [0.2, 0.25) is 0 Å². The lowest BCUT2D eigenvalue weighted by atomic mass is 9.85. The first-order chi connectivity index (χ1) is 12.8. The maximum Gasteiger partial charge on any atom is 0.358 e. The van der Waals surface area contributed by atoms with Crippen molar-refractivity contribution in [2.75, 3.05) is 6.61 Å². The maximum absolute atomic E-state index is 12.9. The monoisotopic (exact) mass is 369 g/mol. The molecule has 6 nitrogen and oxygen atoms in total. The Hall–Kier alpha value is -2.89. The highest BCUT2D eigenvalue weighted by molar-refractivity contribution is 5.96. The Labute approximate surface area is 158 Å². The number of carbonyl (C=O) groups excluding carboxylic acids is 2. The van der Waals surface area contributed by atoms with Gasteiger partial charge in [-0.25, -0.2) is 14.6 Å². The predicted octanol–water partition coefficient (Wildman–Crippen LogP) is 3.37. The first-order valence-corrected chi connectivity index (χ1v) is 8.87. The molecule has 0 fully saturated rings. The van der Waals surface area contributed by atoms with Crippen LogP contribution in [-0.4, -0.2) is 36.6 Å². The van der Waals surface area contributed by atoms with Crippen LogP contribution >= 0.6 is 0 Å². The van der Waals surface area contributed by atoms with E-state index in [-0.39, 0.29) is 6.61 Å². The van der Waals surface area contributed by atoms with Gasteiger partial charge in [0.25, 0.3) is 5.60 Å². The summed E-state index contributed by atoms with van der Waals surface area (Å²) in [6, 6.07) is 12.0. The van der Waals surface area contributed by atoms with Crippen LogP contribution in [0.25, 0.3) is 10.8 Å². The standard InChI is InChI=1S/C21H23NO5/c1-5-25-19(24)21(16-11-10-14-8-6-7-9-15(14)12-16)17(22-13-26-21)18(23)27-20(2,3)4/h6-13,17H,5H2,1-4H3/t17-,21-/m1/s1. The summed E-state index contributed by atoms with van der Waals surface area (Å²) in [6.07, 6.45) is 1.13. The number of esters is 2. The minimum Gasteiger partial charge on any atom is -0.463 e. The molecule has 0 amide bonds. The van der Waals surface area contributed by atoms with E-state index in [2.05, 4.69) is 4.99 Å². The largest absolute Gasteiger partial charge is 0.463 e. The molecule has 1 aliphatic heterocycles. The first kappa shape index (κ1) is 18.9. The van der Waals surface area contributed by atoms with Gasteiger partial charge in [0.15, 0.2) is 6.40 Å². The minimum absolute atomic E-state index is 0.151. The molecule has 3 rings (SSSR count). The molecule has 27 heavy (non-hydrogen) atoms. The van der Waals surface area contributed by atoms with Gasteiger partial charge in [-0.3, -0.25) is 0 Å². The van der Waals surface area contributed by atoms with E-state index in [9.17, 15) is 9.59 Å². The Morgan fingerprint density at radius 2 is 1.85 bits per heavy atom. The van der Waals surface area contributed by atoms with Crippen LogP contribution in [-0.2, 0) is 29.4 Å². The Balaban J connectivity index is 2.11. The molecule has 1 aliphatic rings. The molecule has 0 saturated carbocycles. The lowest BCUT2D eigenvalue weighted by molar-refractivity contribution is -0.175. The molecule has 0 unspecified atom stereocenters. The first-order valence-electron chi connectivity index (χ1n) is 8.87. The number of nitrogens with zero attached hydrogens (tertiary/aromatic N) is 1. The normalized spacial score (nSPS) is 21.7. The number of hydrogen-bond acceptors (Lipinski definition) is 6. The Morgan fingerprint density at radius 3 is 2.52 bits per heavy atom. The van der Waals surface area contributed by atoms with Crippen LogP contribution < -0.4 is 0 Å². The van der Waals surface area contributed by atoms with Gasteiger partial charge in [-0.1, -0.05) is 36.4 Å². The van der Waals surface area contributed by atoms with Crippen molar-refractivity contribution in [3.05, 3.63) is 48.0 Å². The number of ether oxygens (including phenoxy) is 3. The van der Waals surface area contributed by atoms with Crippen molar-refractivity contribution in [2.45, 2.75) is 44.9 Å². The fourth-order valence-electron chi connectivity index (χ4n) is 3.09. The third-order valence-corrected chi connectivity index (χ3v) is 4.22. The van der Waals surface area contributed by atoms with Crippen LogP contribution in [0.3, 0.4) is 0 Å². The lowest BCUT2D eigenvalue weighted by Crippen LogP contribution is -2.51. The molecule has 6 heteroatoms. The van der Waals surface area contributed by atoms with Crippen LogP contribution in [0.1, 0.15) is 33.3 Å². The van der Waals surface area contributed by atoms with E-state index in [1.807, 2.05) is 36.4 Å². The van der Waals surface area contributed by atoms with Crippen molar-refractivity contribution in [1.82, 2.24) is 0 Å². The van der Waals surface area contributed by atoms with Crippen molar-refractivity contribution < 1.29 is 23.8 Å². The molecule has 2 atom stereocenters. The SMILES string of the molecule is CCOC(=O)[C@]1(c2ccc3ccccc3c2)OC=N[C@@H]1C(=O)OC(C)(C)C. The molecule has 2 aromatic carbocycles. The minimum atomic E-state index is -1.71. The molecule has 0 radical (unpaired) electrons. The number of hydrogen-bond donors (Lipinski definition) is 0. The number of benzene rings is 2. The summed E-state index contributed by atoms with van der Waals surface area (Å²) in [5.74, 6) is -1.31. The van der Waals surface area contributed by atoms with Gasteiger partial charge in [-0.15, -0.1) is 0 Å². The average Bonchev–Trinajstić information content (AvgIpc) is 3.06. The van der Waals surface area contributed by atoms with Gasteiger partial charge in [0.05, 0.1) is 6.61 Å². The highest BCUT2D eigenvalue weighted by Gasteiger charge is 2.58. The number of rotatable bonds is 4. The molecule has 0 aromatic heterocycles. The number of fused-ring (bicyclic) bond motifs is 1. The summed E-state index contributed by atoms with van der Waals surface area (Å²) in [6.45, 7) is 7.12. The topological polar surface area (TPSA) is 74.2 Å². The fourth-order valence-corrected chi connectivity index (χ4v) is 3.09. The van der Waals surface area contributed by atoms with Crippen molar-refractivity contribution in [1.29, 1.82) is 0 Å². The molecule has 0 saturated heterocycles. The van der Waals surface area contributed by atoms with Crippen molar-refractivity contribution in [3.63, 3.8) is 0 Å². The van der Waals surface area contributed by atoms with Gasteiger partial charge in [-0.2, -0.15) is 0 Å². The maximum atomic E-state index is 12.9. The zero-order valence-corrected chi connectivity index (χ0v) is 15.9. The molecular formula is C21H23NO5. The summed E-state index contributed by atoms with van der Waals surface area (Å²) in [5.41, 5.74) is -1.94. The van der Waals surface area contributed by atoms with Crippen LogP contribution in [0.4, 0.5) is 0 Å². The van der Waals surface area contributed by atoms with Crippen LogP contribution in [0.15, 0.2) is 47.5 Å². The van der Waals surface area contributed by atoms with Gasteiger partial charge in [0.2, 0.25) is 6.04 Å². The fraction of sp³-hybridized carbons (Fsp3) is 0.381. The zero-order chi connectivity index (χ0) is 19.7. The highest BCUT2D eigenvalue weighted by atomic mass is 16.6. The summed E-state index contributed by atoms with van der Waals surface area (Å²) in [5, 5.41) is 1.92. The molecular weight excluding hydrogens is 346 g/mol. The predicted molar refractivity (Wildman–Crippen MR) is 101 cm³/mol. The van der Waals surface area contributed by atoms with E-state index in [0.717, 1.165) is 17.2 Å². The molecule has 1 heterocycles. The quantitative estimate of drug-likeness (QED) is 0.773. The average molecular weight is 369 g/mol. The number of aliphatic imine (C=N–C) groups is 1. The van der Waals surface area contributed by atoms with Gasteiger partial charge in [0.1, 0.15) is 5.60 Å². The van der Waals surface area contributed by atoms with Crippen molar-refractivity contribution >= 4 is 29.1 Å². The molecule has 0 N–H and O–H groups in total. The van der Waals surface area contributed by atoms with Gasteiger partial charge >= 0.3 is 11.9 Å². The van der Waals surface area contributed by atoms with E-state index in [4.69, 9.17) is 14.2 Å². The van der Waals surface area contributed by atoms with Crippen LogP contribution in [0, 0.1) is 0 Å². The van der Waals surface area contributed by atoms with E-state index in [1.165, 1.54) is 0 Å². The molecule has 0 spiro atoms. The van der Waals surface area contributed by atoms with Gasteiger partial charge < -0.3 is 14.2 Å². The summed E-state index contributed by atoms with van der Waals surface area (Å²) in [7, 11) is 0.